The molecule has 1 heterocycles. The van der Waals surface area contributed by atoms with Gasteiger partial charge in [-0.3, -0.25) is 4.79 Å². The van der Waals surface area contributed by atoms with Crippen molar-refractivity contribution in [1.82, 2.24) is 10.4 Å². The Morgan fingerprint density at radius 1 is 1.50 bits per heavy atom. The molecule has 2 atom stereocenters. The number of β-amino-alcohol motifs (C(OH)–C–C–N with tert-alkyl or cyclic N) is 1. The molecule has 1 aliphatic heterocycles. The van der Waals surface area contributed by atoms with Crippen molar-refractivity contribution in [2.45, 2.75) is 18.4 Å². The summed E-state index contributed by atoms with van der Waals surface area (Å²) in [6, 6.07) is 3.59. The molecule has 2 rings (SSSR count). The number of piperidine rings is 1. The molecular weight excluding hydrogens is 291 g/mol. The van der Waals surface area contributed by atoms with Gasteiger partial charge in [0, 0.05) is 5.02 Å². The fraction of sp³-hybridized carbons (Fsp3) is 0.333. The Morgan fingerprint density at radius 2 is 2.20 bits per heavy atom. The molecule has 8 heteroatoms. The summed E-state index contributed by atoms with van der Waals surface area (Å²) in [6.45, 7) is -0.138. The number of hydrogen-bond donors (Lipinski definition) is 3. The standard InChI is InChI=1S/C12H12ClFN2O4/c13-10-3-6(14)1-2-8(10)9-4-7(17)5-16(11(9)18)15-12(19)20/h1-3,7,9,15,17H,4-5H2,(H,19,20). The Morgan fingerprint density at radius 3 is 2.80 bits per heavy atom. The van der Waals surface area contributed by atoms with Gasteiger partial charge in [0.15, 0.2) is 0 Å². The lowest BCUT2D eigenvalue weighted by atomic mass is 9.89. The molecule has 108 valence electrons. The second-order valence-electron chi connectivity index (χ2n) is 4.47. The van der Waals surface area contributed by atoms with E-state index in [1.807, 2.05) is 5.43 Å². The Bertz CT molecular complexity index is 554. The van der Waals surface area contributed by atoms with Gasteiger partial charge in [0.05, 0.1) is 18.6 Å². The number of benzene rings is 1. The molecule has 6 nitrogen and oxygen atoms in total. The molecule has 1 fully saturated rings. The number of aliphatic hydroxyl groups excluding tert-OH is 1. The minimum Gasteiger partial charge on any atom is -0.464 e. The topological polar surface area (TPSA) is 89.9 Å². The molecule has 0 aliphatic carbocycles. The van der Waals surface area contributed by atoms with Crippen LogP contribution in [0, 0.1) is 5.82 Å². The molecule has 1 aromatic carbocycles. The predicted octanol–water partition coefficient (Wildman–Crippen LogP) is 1.34. The average Bonchev–Trinajstić information content (AvgIpc) is 2.33. The highest BCUT2D eigenvalue weighted by molar-refractivity contribution is 6.31. The normalized spacial score (nSPS) is 22.8. The first-order chi connectivity index (χ1) is 9.38. The fourth-order valence-corrected chi connectivity index (χ4v) is 2.50. The van der Waals surface area contributed by atoms with Gasteiger partial charge in [-0.2, -0.15) is 0 Å². The fourth-order valence-electron chi connectivity index (χ4n) is 2.20. The lowest BCUT2D eigenvalue weighted by Crippen LogP contribution is -2.54. The minimum absolute atomic E-state index is 0.0627. The lowest BCUT2D eigenvalue weighted by molar-refractivity contribution is -0.142. The van der Waals surface area contributed by atoms with Gasteiger partial charge in [0.2, 0.25) is 5.91 Å². The predicted molar refractivity (Wildman–Crippen MR) is 67.6 cm³/mol. The van der Waals surface area contributed by atoms with Gasteiger partial charge in [-0.05, 0) is 24.1 Å². The third-order valence-corrected chi connectivity index (χ3v) is 3.36. The Balaban J connectivity index is 2.29. The highest BCUT2D eigenvalue weighted by Crippen LogP contribution is 2.32. The van der Waals surface area contributed by atoms with Crippen LogP contribution in [0.2, 0.25) is 5.02 Å². The number of hydrazine groups is 1. The molecule has 0 radical (unpaired) electrons. The monoisotopic (exact) mass is 302 g/mol. The van der Waals surface area contributed by atoms with Crippen LogP contribution in [-0.4, -0.2) is 39.9 Å². The first kappa shape index (κ1) is 14.5. The number of carboxylic acid groups (broad SMARTS) is 1. The van der Waals surface area contributed by atoms with E-state index in [0.29, 0.717) is 5.56 Å². The number of amides is 2. The summed E-state index contributed by atoms with van der Waals surface area (Å²) in [5, 5.41) is 19.3. The van der Waals surface area contributed by atoms with Crippen LogP contribution < -0.4 is 5.43 Å². The smallest absolute Gasteiger partial charge is 0.423 e. The van der Waals surface area contributed by atoms with E-state index in [9.17, 15) is 19.1 Å². The number of carbonyl (C=O) groups excluding carboxylic acids is 1. The number of hydrogen-bond acceptors (Lipinski definition) is 3. The summed E-state index contributed by atoms with van der Waals surface area (Å²) in [5.41, 5.74) is 2.27. The molecule has 2 amide bonds. The molecule has 1 aliphatic rings. The second-order valence-corrected chi connectivity index (χ2v) is 4.88. The van der Waals surface area contributed by atoms with Crippen LogP contribution in [-0.2, 0) is 4.79 Å². The quantitative estimate of drug-likeness (QED) is 0.769. The van der Waals surface area contributed by atoms with Crippen molar-refractivity contribution < 1.29 is 24.2 Å². The summed E-state index contributed by atoms with van der Waals surface area (Å²) in [7, 11) is 0. The van der Waals surface area contributed by atoms with Crippen molar-refractivity contribution in [2.75, 3.05) is 6.54 Å². The van der Waals surface area contributed by atoms with Crippen molar-refractivity contribution in [3.63, 3.8) is 0 Å². The van der Waals surface area contributed by atoms with Gasteiger partial charge in [-0.25, -0.2) is 19.6 Å². The van der Waals surface area contributed by atoms with Gasteiger partial charge in [-0.15, -0.1) is 0 Å². The first-order valence-electron chi connectivity index (χ1n) is 5.82. The molecule has 20 heavy (non-hydrogen) atoms. The van der Waals surface area contributed by atoms with Crippen LogP contribution >= 0.6 is 11.6 Å². The van der Waals surface area contributed by atoms with E-state index in [1.54, 1.807) is 0 Å². The van der Waals surface area contributed by atoms with Gasteiger partial charge >= 0.3 is 6.09 Å². The Hall–Kier alpha value is -1.86. The molecule has 0 spiro atoms. The van der Waals surface area contributed by atoms with Crippen LogP contribution in [0.15, 0.2) is 18.2 Å². The molecule has 2 unspecified atom stereocenters. The van der Waals surface area contributed by atoms with E-state index in [1.165, 1.54) is 6.07 Å². The molecular formula is C12H12ClFN2O4. The summed E-state index contributed by atoms with van der Waals surface area (Å²) < 4.78 is 13.0. The number of nitrogens with one attached hydrogen (secondary N) is 1. The molecule has 0 aromatic heterocycles. The van der Waals surface area contributed by atoms with Crippen LogP contribution in [0.25, 0.3) is 0 Å². The largest absolute Gasteiger partial charge is 0.464 e. The molecule has 1 saturated heterocycles. The van der Waals surface area contributed by atoms with Crippen molar-refractivity contribution in [3.8, 4) is 0 Å². The summed E-state index contributed by atoms with van der Waals surface area (Å²) >= 11 is 5.90. The van der Waals surface area contributed by atoms with Gasteiger partial charge < -0.3 is 10.2 Å². The average molecular weight is 303 g/mol. The van der Waals surface area contributed by atoms with E-state index in [2.05, 4.69) is 0 Å². The molecule has 0 bridgehead atoms. The van der Waals surface area contributed by atoms with E-state index in [4.69, 9.17) is 16.7 Å². The summed E-state index contributed by atoms with van der Waals surface area (Å²) in [6.07, 6.45) is -2.20. The molecule has 0 saturated carbocycles. The Labute approximate surface area is 118 Å². The summed E-state index contributed by atoms with van der Waals surface area (Å²) in [5.74, 6) is -1.90. The highest BCUT2D eigenvalue weighted by atomic mass is 35.5. The van der Waals surface area contributed by atoms with E-state index in [0.717, 1.165) is 17.1 Å². The maximum atomic E-state index is 13.0. The highest BCUT2D eigenvalue weighted by Gasteiger charge is 2.36. The van der Waals surface area contributed by atoms with Gasteiger partial charge in [0.25, 0.3) is 0 Å². The lowest BCUT2D eigenvalue weighted by Gasteiger charge is -2.34. The second kappa shape index (κ2) is 5.64. The number of rotatable bonds is 2. The van der Waals surface area contributed by atoms with Crippen molar-refractivity contribution in [3.05, 3.63) is 34.6 Å². The van der Waals surface area contributed by atoms with E-state index in [-0.39, 0.29) is 18.0 Å². The first-order valence-corrected chi connectivity index (χ1v) is 6.20. The number of halogens is 2. The third kappa shape index (κ3) is 3.00. The van der Waals surface area contributed by atoms with Crippen molar-refractivity contribution in [2.24, 2.45) is 0 Å². The van der Waals surface area contributed by atoms with Crippen LogP contribution in [0.4, 0.5) is 9.18 Å². The summed E-state index contributed by atoms with van der Waals surface area (Å²) in [4.78, 5) is 22.8. The van der Waals surface area contributed by atoms with Crippen LogP contribution in [0.3, 0.4) is 0 Å². The number of aliphatic hydroxyl groups is 1. The number of nitrogens with zero attached hydrogens (tertiary/aromatic N) is 1. The number of carbonyl (C=O) groups is 2. The molecule has 1 aromatic rings. The third-order valence-electron chi connectivity index (χ3n) is 3.03. The molecule has 3 N–H and O–H groups in total. The zero-order valence-electron chi connectivity index (χ0n) is 10.2. The SMILES string of the molecule is O=C(O)NN1CC(O)CC(c2ccc(F)cc2Cl)C1=O. The minimum atomic E-state index is -1.41. The van der Waals surface area contributed by atoms with E-state index < -0.39 is 29.8 Å². The van der Waals surface area contributed by atoms with Crippen molar-refractivity contribution in [1.29, 1.82) is 0 Å². The van der Waals surface area contributed by atoms with Gasteiger partial charge in [-0.1, -0.05) is 17.7 Å². The van der Waals surface area contributed by atoms with Crippen molar-refractivity contribution >= 4 is 23.6 Å². The van der Waals surface area contributed by atoms with Crippen LogP contribution in [0.1, 0.15) is 17.9 Å². The maximum absolute atomic E-state index is 13.0. The zero-order chi connectivity index (χ0) is 14.9. The maximum Gasteiger partial charge on any atom is 0.423 e. The van der Waals surface area contributed by atoms with Gasteiger partial charge in [0.1, 0.15) is 5.82 Å². The zero-order valence-corrected chi connectivity index (χ0v) is 11.0. The van der Waals surface area contributed by atoms with Crippen LogP contribution in [0.5, 0.6) is 0 Å². The van der Waals surface area contributed by atoms with E-state index >= 15 is 0 Å². The Kier molecular flexibility index (Phi) is 4.10.